The van der Waals surface area contributed by atoms with E-state index >= 15 is 0 Å². The second-order valence-corrected chi connectivity index (χ2v) is 5.03. The van der Waals surface area contributed by atoms with Crippen molar-refractivity contribution in [1.29, 1.82) is 0 Å². The van der Waals surface area contributed by atoms with Crippen molar-refractivity contribution in [2.24, 2.45) is 0 Å². The van der Waals surface area contributed by atoms with Gasteiger partial charge in [0.2, 0.25) is 5.91 Å². The summed E-state index contributed by atoms with van der Waals surface area (Å²) in [5.41, 5.74) is 1.87. The lowest BCUT2D eigenvalue weighted by Crippen LogP contribution is -2.40. The molecule has 1 amide bonds. The molecule has 0 saturated heterocycles. The predicted octanol–water partition coefficient (Wildman–Crippen LogP) is 3.04. The molecule has 0 aliphatic rings. The van der Waals surface area contributed by atoms with Crippen molar-refractivity contribution in [2.45, 2.75) is 12.2 Å². The third-order valence-electron chi connectivity index (χ3n) is 3.22. The lowest BCUT2D eigenvalue weighted by Gasteiger charge is -2.20. The average Bonchev–Trinajstić information content (AvgIpc) is 2.54. The van der Waals surface area contributed by atoms with Crippen LogP contribution in [0.3, 0.4) is 0 Å². The molecule has 0 radical (unpaired) electrons. The summed E-state index contributed by atoms with van der Waals surface area (Å²) >= 11 is 0. The summed E-state index contributed by atoms with van der Waals surface area (Å²) in [5.74, 6) is -0.695. The fourth-order valence-corrected chi connectivity index (χ4v) is 2.18. The van der Waals surface area contributed by atoms with E-state index < -0.39 is 18.6 Å². The Morgan fingerprint density at radius 2 is 1.39 bits per heavy atom. The molecule has 0 unspecified atom stereocenters. The van der Waals surface area contributed by atoms with Gasteiger partial charge in [-0.1, -0.05) is 60.7 Å². The summed E-state index contributed by atoms with van der Waals surface area (Å²) < 4.78 is 36.3. The van der Waals surface area contributed by atoms with Gasteiger partial charge in [-0.2, -0.15) is 13.2 Å². The molecule has 0 saturated carbocycles. The van der Waals surface area contributed by atoms with Gasteiger partial charge in [0.1, 0.15) is 6.54 Å². The van der Waals surface area contributed by atoms with Crippen LogP contribution in [0.2, 0.25) is 0 Å². The molecular weight excluding hydrogens is 305 g/mol. The highest BCUT2D eigenvalue weighted by atomic mass is 19.4. The second-order valence-electron chi connectivity index (χ2n) is 5.03. The van der Waals surface area contributed by atoms with Crippen LogP contribution < -0.4 is 10.6 Å². The van der Waals surface area contributed by atoms with E-state index in [1.54, 1.807) is 0 Å². The van der Waals surface area contributed by atoms with Crippen LogP contribution in [0.25, 0.3) is 0 Å². The number of halogens is 3. The molecule has 0 heterocycles. The number of hydrogen-bond donors (Lipinski definition) is 2. The van der Waals surface area contributed by atoms with Gasteiger partial charge < -0.3 is 5.32 Å². The van der Waals surface area contributed by atoms with Gasteiger partial charge in [-0.05, 0) is 11.1 Å². The van der Waals surface area contributed by atoms with Crippen molar-refractivity contribution in [2.75, 3.05) is 13.1 Å². The van der Waals surface area contributed by atoms with Gasteiger partial charge in [0, 0.05) is 0 Å². The van der Waals surface area contributed by atoms with Crippen molar-refractivity contribution in [3.63, 3.8) is 0 Å². The van der Waals surface area contributed by atoms with Crippen molar-refractivity contribution in [3.8, 4) is 0 Å². The van der Waals surface area contributed by atoms with E-state index in [2.05, 4.69) is 5.32 Å². The molecule has 23 heavy (non-hydrogen) atoms. The largest absolute Gasteiger partial charge is 0.405 e. The lowest BCUT2D eigenvalue weighted by molar-refractivity contribution is -0.137. The molecule has 0 aromatic heterocycles. The highest BCUT2D eigenvalue weighted by molar-refractivity contribution is 5.78. The fraction of sp³-hybridized carbons (Fsp3) is 0.235. The van der Waals surface area contributed by atoms with Gasteiger partial charge in [0.15, 0.2) is 0 Å². The van der Waals surface area contributed by atoms with E-state index in [9.17, 15) is 18.0 Å². The summed E-state index contributed by atoms with van der Waals surface area (Å²) in [4.78, 5) is 11.6. The van der Waals surface area contributed by atoms with Crippen LogP contribution in [0.15, 0.2) is 60.7 Å². The molecular formula is C17H17F3N2O. The van der Waals surface area contributed by atoms with Crippen LogP contribution in [0.5, 0.6) is 0 Å². The quantitative estimate of drug-likeness (QED) is 0.858. The van der Waals surface area contributed by atoms with Crippen LogP contribution in [0.4, 0.5) is 13.2 Å². The molecule has 122 valence electrons. The highest BCUT2D eigenvalue weighted by Crippen LogP contribution is 2.21. The molecule has 6 heteroatoms. The third kappa shape index (κ3) is 5.75. The first-order chi connectivity index (χ1) is 11.0. The van der Waals surface area contributed by atoms with Gasteiger partial charge in [0.05, 0.1) is 12.6 Å². The standard InChI is InChI=1S/C17H17F3N2O/c18-17(19,20)12-22-15(23)11-21-16(13-7-3-1-4-8-13)14-9-5-2-6-10-14/h1-10,16,21H,11-12H2,(H,22,23). The maximum Gasteiger partial charge on any atom is 0.405 e. The molecule has 0 aliphatic carbocycles. The van der Waals surface area contributed by atoms with Crippen molar-refractivity contribution < 1.29 is 18.0 Å². The monoisotopic (exact) mass is 322 g/mol. The molecule has 0 spiro atoms. The number of carbonyl (C=O) groups is 1. The normalized spacial score (nSPS) is 11.5. The van der Waals surface area contributed by atoms with E-state index in [0.717, 1.165) is 11.1 Å². The van der Waals surface area contributed by atoms with Gasteiger partial charge >= 0.3 is 6.18 Å². The van der Waals surface area contributed by atoms with Crippen LogP contribution in [-0.2, 0) is 4.79 Å². The highest BCUT2D eigenvalue weighted by Gasteiger charge is 2.27. The van der Waals surface area contributed by atoms with Crippen molar-refractivity contribution >= 4 is 5.91 Å². The molecule has 2 N–H and O–H groups in total. The van der Waals surface area contributed by atoms with Crippen molar-refractivity contribution in [3.05, 3.63) is 71.8 Å². The number of amides is 1. The van der Waals surface area contributed by atoms with E-state index in [0.29, 0.717) is 0 Å². The van der Waals surface area contributed by atoms with Gasteiger partial charge in [0.25, 0.3) is 0 Å². The Kier molecular flexibility index (Phi) is 5.76. The van der Waals surface area contributed by atoms with E-state index in [4.69, 9.17) is 0 Å². The minimum Gasteiger partial charge on any atom is -0.346 e. The second kappa shape index (κ2) is 7.78. The zero-order chi connectivity index (χ0) is 16.7. The Hall–Kier alpha value is -2.34. The first kappa shape index (κ1) is 17.0. The smallest absolute Gasteiger partial charge is 0.346 e. The Morgan fingerprint density at radius 1 is 0.913 bits per heavy atom. The van der Waals surface area contributed by atoms with E-state index in [1.165, 1.54) is 0 Å². The van der Waals surface area contributed by atoms with E-state index in [1.807, 2.05) is 66.0 Å². The maximum absolute atomic E-state index is 12.1. The molecule has 3 nitrogen and oxygen atoms in total. The Labute approximate surface area is 132 Å². The minimum atomic E-state index is -4.41. The summed E-state index contributed by atoms with van der Waals surface area (Å²) in [7, 11) is 0. The van der Waals surface area contributed by atoms with Gasteiger partial charge in [-0.25, -0.2) is 0 Å². The first-order valence-electron chi connectivity index (χ1n) is 7.12. The lowest BCUT2D eigenvalue weighted by atomic mass is 9.99. The van der Waals surface area contributed by atoms with Crippen LogP contribution in [-0.4, -0.2) is 25.2 Å². The van der Waals surface area contributed by atoms with Crippen LogP contribution in [0.1, 0.15) is 17.2 Å². The predicted molar refractivity (Wildman–Crippen MR) is 81.8 cm³/mol. The number of alkyl halides is 3. The van der Waals surface area contributed by atoms with Crippen molar-refractivity contribution in [1.82, 2.24) is 10.6 Å². The Bertz CT molecular complexity index is 575. The maximum atomic E-state index is 12.1. The number of nitrogens with one attached hydrogen (secondary N) is 2. The summed E-state index contributed by atoms with van der Waals surface area (Å²) in [6, 6.07) is 18.6. The average molecular weight is 322 g/mol. The zero-order valence-corrected chi connectivity index (χ0v) is 12.3. The molecule has 0 bridgehead atoms. The number of rotatable bonds is 6. The van der Waals surface area contributed by atoms with Gasteiger partial charge in [-0.3, -0.25) is 10.1 Å². The fourth-order valence-electron chi connectivity index (χ4n) is 2.18. The summed E-state index contributed by atoms with van der Waals surface area (Å²) in [5, 5.41) is 4.86. The Morgan fingerprint density at radius 3 is 1.83 bits per heavy atom. The minimum absolute atomic E-state index is 0.204. The van der Waals surface area contributed by atoms with Crippen LogP contribution >= 0.6 is 0 Å². The van der Waals surface area contributed by atoms with Crippen LogP contribution in [0, 0.1) is 0 Å². The number of hydrogen-bond acceptors (Lipinski definition) is 2. The van der Waals surface area contributed by atoms with Gasteiger partial charge in [-0.15, -0.1) is 0 Å². The SMILES string of the molecule is O=C(CNC(c1ccccc1)c1ccccc1)NCC(F)(F)F. The van der Waals surface area contributed by atoms with E-state index in [-0.39, 0.29) is 12.6 Å². The molecule has 0 atom stereocenters. The first-order valence-corrected chi connectivity index (χ1v) is 7.12. The Balaban J connectivity index is 2.03. The third-order valence-corrected chi connectivity index (χ3v) is 3.22. The molecule has 0 fully saturated rings. The molecule has 2 rings (SSSR count). The molecule has 0 aliphatic heterocycles. The summed E-state index contributed by atoms with van der Waals surface area (Å²) in [6.07, 6.45) is -4.41. The molecule has 2 aromatic carbocycles. The zero-order valence-electron chi connectivity index (χ0n) is 12.3. The topological polar surface area (TPSA) is 41.1 Å². The number of carbonyl (C=O) groups excluding carboxylic acids is 1. The number of benzene rings is 2. The molecule has 2 aromatic rings. The summed E-state index contributed by atoms with van der Waals surface area (Å²) in [6.45, 7) is -1.53.